The highest BCUT2D eigenvalue weighted by Gasteiger charge is 2.36. The van der Waals surface area contributed by atoms with E-state index < -0.39 is 12.7 Å². The molecule has 0 heterocycles. The van der Waals surface area contributed by atoms with Gasteiger partial charge in [-0.25, -0.2) is 0 Å². The highest BCUT2D eigenvalue weighted by Crippen LogP contribution is 2.38. The molecule has 0 radical (unpaired) electrons. The van der Waals surface area contributed by atoms with E-state index in [-0.39, 0.29) is 5.41 Å². The molecule has 0 saturated heterocycles. The van der Waals surface area contributed by atoms with Crippen molar-refractivity contribution in [2.75, 3.05) is 25.0 Å². The average Bonchev–Trinajstić information content (AvgIpc) is 2.53. The van der Waals surface area contributed by atoms with E-state index in [2.05, 4.69) is 15.9 Å². The summed E-state index contributed by atoms with van der Waals surface area (Å²) in [6.07, 6.45) is 3.53. The molecule has 5 heteroatoms. The second-order valence-corrected chi connectivity index (χ2v) is 6.43. The van der Waals surface area contributed by atoms with E-state index in [9.17, 15) is 13.2 Å². The van der Waals surface area contributed by atoms with E-state index in [0.717, 1.165) is 37.4 Å². The zero-order valence-electron chi connectivity index (χ0n) is 11.7. The van der Waals surface area contributed by atoms with Crippen molar-refractivity contribution in [3.8, 4) is 0 Å². The monoisotopic (exact) mass is 343 g/mol. The van der Waals surface area contributed by atoms with Gasteiger partial charge in [0.25, 0.3) is 0 Å². The Morgan fingerprint density at radius 1 is 1.11 bits per heavy atom. The summed E-state index contributed by atoms with van der Waals surface area (Å²) in [7, 11) is 0. The fraction of sp³-hybridized carbons (Fsp3) is 1.00. The van der Waals surface area contributed by atoms with E-state index >= 15 is 0 Å². The zero-order chi connectivity index (χ0) is 14.4. The van der Waals surface area contributed by atoms with Crippen LogP contribution in [0.1, 0.15) is 51.9 Å². The maximum absolute atomic E-state index is 12.6. The zero-order valence-corrected chi connectivity index (χ0v) is 13.3. The van der Waals surface area contributed by atoms with Crippen LogP contribution in [0.2, 0.25) is 0 Å². The predicted octanol–water partition coefficient (Wildman–Crippen LogP) is 5.00. The normalized spacial score (nSPS) is 20.5. The molecule has 0 spiro atoms. The van der Waals surface area contributed by atoms with Crippen molar-refractivity contribution in [2.24, 2.45) is 5.41 Å². The predicted molar refractivity (Wildman–Crippen MR) is 76.7 cm³/mol. The second kappa shape index (κ2) is 7.87. The van der Waals surface area contributed by atoms with Crippen molar-refractivity contribution in [2.45, 2.75) is 58.0 Å². The lowest BCUT2D eigenvalue weighted by molar-refractivity contribution is -0.149. The molecular weight excluding hydrogens is 319 g/mol. The fourth-order valence-electron chi connectivity index (χ4n) is 3.07. The Kier molecular flexibility index (Phi) is 7.15. The summed E-state index contributed by atoms with van der Waals surface area (Å²) in [5.74, 6) is 0. The van der Waals surface area contributed by atoms with Gasteiger partial charge in [-0.2, -0.15) is 13.2 Å². The number of hydrogen-bond acceptors (Lipinski definition) is 1. The lowest BCUT2D eigenvalue weighted by Gasteiger charge is -2.37. The molecule has 1 aliphatic carbocycles. The van der Waals surface area contributed by atoms with Crippen LogP contribution in [0.3, 0.4) is 0 Å². The van der Waals surface area contributed by atoms with E-state index in [1.165, 1.54) is 12.8 Å². The van der Waals surface area contributed by atoms with Crippen LogP contribution in [-0.4, -0.2) is 36.0 Å². The van der Waals surface area contributed by atoms with Crippen LogP contribution in [0.5, 0.6) is 0 Å². The quantitative estimate of drug-likeness (QED) is 0.484. The van der Waals surface area contributed by atoms with E-state index in [1.807, 2.05) is 6.92 Å². The Hall–Kier alpha value is 0.230. The molecule has 114 valence electrons. The first-order chi connectivity index (χ1) is 8.91. The summed E-state index contributed by atoms with van der Waals surface area (Å²) in [6, 6.07) is 0. The molecule has 1 nitrogen and oxygen atoms in total. The molecule has 1 saturated carbocycles. The van der Waals surface area contributed by atoms with Crippen molar-refractivity contribution < 1.29 is 13.2 Å². The minimum atomic E-state index is -4.09. The van der Waals surface area contributed by atoms with Crippen LogP contribution < -0.4 is 0 Å². The van der Waals surface area contributed by atoms with Gasteiger partial charge < -0.3 is 0 Å². The summed E-state index contributed by atoms with van der Waals surface area (Å²) < 4.78 is 37.9. The number of nitrogens with zero attached hydrogens (tertiary/aromatic N) is 1. The Morgan fingerprint density at radius 2 is 1.68 bits per heavy atom. The molecular formula is C14H25BrF3N. The SMILES string of the molecule is CCCN(CC(F)(F)F)CC1(CBr)CCCCCC1. The molecule has 0 bridgehead atoms. The van der Waals surface area contributed by atoms with Gasteiger partial charge in [0, 0.05) is 11.9 Å². The molecule has 0 aromatic rings. The number of rotatable bonds is 6. The van der Waals surface area contributed by atoms with Gasteiger partial charge in [0.1, 0.15) is 0 Å². The Balaban J connectivity index is 2.67. The Labute approximate surface area is 123 Å². The smallest absolute Gasteiger partial charge is 0.294 e. The van der Waals surface area contributed by atoms with Crippen LogP contribution in [-0.2, 0) is 0 Å². The Morgan fingerprint density at radius 3 is 2.11 bits per heavy atom. The molecule has 0 amide bonds. The summed E-state index contributed by atoms with van der Waals surface area (Å²) in [5.41, 5.74) is 0.0386. The van der Waals surface area contributed by atoms with E-state index in [1.54, 1.807) is 4.90 Å². The molecule has 0 aliphatic heterocycles. The highest BCUT2D eigenvalue weighted by molar-refractivity contribution is 9.09. The maximum atomic E-state index is 12.6. The second-order valence-electron chi connectivity index (χ2n) is 5.87. The third-order valence-electron chi connectivity index (χ3n) is 3.95. The van der Waals surface area contributed by atoms with Crippen molar-refractivity contribution in [1.29, 1.82) is 0 Å². The summed E-state index contributed by atoms with van der Waals surface area (Å²) in [4.78, 5) is 1.60. The Bertz CT molecular complexity index is 248. The minimum Gasteiger partial charge on any atom is -0.294 e. The van der Waals surface area contributed by atoms with Gasteiger partial charge in [0.2, 0.25) is 0 Å². The minimum absolute atomic E-state index is 0.0386. The summed E-state index contributed by atoms with van der Waals surface area (Å²) >= 11 is 3.55. The van der Waals surface area contributed by atoms with Gasteiger partial charge in [-0.3, -0.25) is 4.90 Å². The first-order valence-electron chi connectivity index (χ1n) is 7.26. The third kappa shape index (κ3) is 6.48. The largest absolute Gasteiger partial charge is 0.401 e. The standard InChI is InChI=1S/C14H25BrF3N/c1-2-9-19(12-14(16,17)18)11-13(10-15)7-5-3-4-6-8-13/h2-12H2,1H3. The van der Waals surface area contributed by atoms with Crippen LogP contribution >= 0.6 is 15.9 Å². The van der Waals surface area contributed by atoms with Gasteiger partial charge in [-0.15, -0.1) is 0 Å². The van der Waals surface area contributed by atoms with Gasteiger partial charge in [0.15, 0.2) is 0 Å². The highest BCUT2D eigenvalue weighted by atomic mass is 79.9. The first-order valence-corrected chi connectivity index (χ1v) is 8.38. The maximum Gasteiger partial charge on any atom is 0.401 e. The van der Waals surface area contributed by atoms with E-state index in [0.29, 0.717) is 13.1 Å². The molecule has 0 atom stereocenters. The van der Waals surface area contributed by atoms with Crippen LogP contribution in [0.15, 0.2) is 0 Å². The average molecular weight is 344 g/mol. The first kappa shape index (κ1) is 17.3. The van der Waals surface area contributed by atoms with Crippen LogP contribution in [0, 0.1) is 5.41 Å². The third-order valence-corrected chi connectivity index (χ3v) is 5.14. The topological polar surface area (TPSA) is 3.24 Å². The summed E-state index contributed by atoms with van der Waals surface area (Å²) in [5, 5.41) is 0.818. The van der Waals surface area contributed by atoms with Gasteiger partial charge >= 0.3 is 6.18 Å². The fourth-order valence-corrected chi connectivity index (χ4v) is 3.81. The molecule has 1 fully saturated rings. The molecule has 1 aliphatic rings. The van der Waals surface area contributed by atoms with Crippen molar-refractivity contribution >= 4 is 15.9 Å². The molecule has 0 aromatic heterocycles. The molecule has 1 rings (SSSR count). The number of alkyl halides is 4. The molecule has 0 N–H and O–H groups in total. The number of halogens is 4. The summed E-state index contributed by atoms with van der Waals surface area (Å²) in [6.45, 7) is 2.28. The molecule has 19 heavy (non-hydrogen) atoms. The van der Waals surface area contributed by atoms with Gasteiger partial charge in [-0.05, 0) is 31.2 Å². The van der Waals surface area contributed by atoms with Crippen molar-refractivity contribution in [1.82, 2.24) is 4.90 Å². The van der Waals surface area contributed by atoms with Crippen LogP contribution in [0.25, 0.3) is 0 Å². The van der Waals surface area contributed by atoms with Crippen LogP contribution in [0.4, 0.5) is 13.2 Å². The van der Waals surface area contributed by atoms with E-state index in [4.69, 9.17) is 0 Å². The van der Waals surface area contributed by atoms with Gasteiger partial charge in [-0.1, -0.05) is 48.5 Å². The molecule has 0 unspecified atom stereocenters. The number of hydrogen-bond donors (Lipinski definition) is 0. The lowest BCUT2D eigenvalue weighted by Crippen LogP contribution is -2.43. The van der Waals surface area contributed by atoms with Crippen molar-refractivity contribution in [3.05, 3.63) is 0 Å². The molecule has 0 aromatic carbocycles. The van der Waals surface area contributed by atoms with Crippen molar-refractivity contribution in [3.63, 3.8) is 0 Å². The lowest BCUT2D eigenvalue weighted by atomic mass is 9.82. The van der Waals surface area contributed by atoms with Gasteiger partial charge in [0.05, 0.1) is 6.54 Å².